The molecular formula is C26H33ClN4O2. The molecule has 4 rings (SSSR count). The highest BCUT2D eigenvalue weighted by Crippen LogP contribution is 2.26. The number of carbonyl (C=O) groups excluding carboxylic acids is 1. The van der Waals surface area contributed by atoms with E-state index in [9.17, 15) is 9.59 Å². The molecule has 0 bridgehead atoms. The normalized spacial score (nSPS) is 14.4. The van der Waals surface area contributed by atoms with Gasteiger partial charge in [0.25, 0.3) is 5.56 Å². The number of rotatable bonds is 8. The molecule has 1 aromatic heterocycles. The average Bonchev–Trinajstić information content (AvgIpc) is 3.08. The maximum absolute atomic E-state index is 12.4. The Labute approximate surface area is 201 Å². The second kappa shape index (κ2) is 12.5. The summed E-state index contributed by atoms with van der Waals surface area (Å²) in [6, 6.07) is 15.7. The summed E-state index contributed by atoms with van der Waals surface area (Å²) in [5.41, 5.74) is 2.08. The molecule has 1 fully saturated rings. The third-order valence-corrected chi connectivity index (χ3v) is 6.23. The van der Waals surface area contributed by atoms with Crippen molar-refractivity contribution in [1.29, 1.82) is 0 Å². The molecule has 0 unspecified atom stereocenters. The molecule has 33 heavy (non-hydrogen) atoms. The molecule has 2 aromatic carbocycles. The fraction of sp³-hybridized carbons (Fsp3) is 0.423. The number of aromatic nitrogens is 2. The van der Waals surface area contributed by atoms with Crippen LogP contribution in [-0.4, -0.2) is 28.7 Å². The van der Waals surface area contributed by atoms with Gasteiger partial charge in [-0.15, -0.1) is 12.4 Å². The van der Waals surface area contributed by atoms with Crippen LogP contribution in [0.15, 0.2) is 53.3 Å². The van der Waals surface area contributed by atoms with Crippen molar-refractivity contribution in [2.75, 3.05) is 11.9 Å². The molecule has 1 aliphatic carbocycles. The Bertz CT molecular complexity index is 1110. The van der Waals surface area contributed by atoms with Gasteiger partial charge in [-0.25, -0.2) is 5.10 Å². The van der Waals surface area contributed by atoms with Crippen molar-refractivity contribution in [3.05, 3.63) is 58.9 Å². The van der Waals surface area contributed by atoms with Gasteiger partial charge in [0.2, 0.25) is 5.91 Å². The van der Waals surface area contributed by atoms with Gasteiger partial charge < -0.3 is 10.6 Å². The van der Waals surface area contributed by atoms with Crippen LogP contribution in [0.25, 0.3) is 22.0 Å². The minimum atomic E-state index is -0.206. The van der Waals surface area contributed by atoms with E-state index in [1.165, 1.54) is 38.5 Å². The van der Waals surface area contributed by atoms with Crippen LogP contribution in [0.2, 0.25) is 0 Å². The third kappa shape index (κ3) is 6.89. The predicted octanol–water partition coefficient (Wildman–Crippen LogP) is 5.43. The molecule has 3 aromatic rings. The van der Waals surface area contributed by atoms with E-state index in [2.05, 4.69) is 20.8 Å². The summed E-state index contributed by atoms with van der Waals surface area (Å²) in [5, 5.41) is 14.9. The Kier molecular flexibility index (Phi) is 9.46. The van der Waals surface area contributed by atoms with E-state index >= 15 is 0 Å². The third-order valence-electron chi connectivity index (χ3n) is 6.23. The van der Waals surface area contributed by atoms with Crippen molar-refractivity contribution in [3.8, 4) is 11.3 Å². The molecule has 1 aliphatic rings. The number of hydrogen-bond donors (Lipinski definition) is 3. The number of H-pyrrole nitrogens is 1. The smallest absolute Gasteiger partial charge is 0.272 e. The lowest BCUT2D eigenvalue weighted by molar-refractivity contribution is -0.116. The van der Waals surface area contributed by atoms with Crippen molar-refractivity contribution in [2.45, 2.75) is 63.8 Å². The van der Waals surface area contributed by atoms with Crippen LogP contribution in [0, 0.1) is 0 Å². The van der Waals surface area contributed by atoms with E-state index in [0.717, 1.165) is 36.0 Å². The monoisotopic (exact) mass is 468 g/mol. The van der Waals surface area contributed by atoms with E-state index in [1.807, 2.05) is 42.5 Å². The van der Waals surface area contributed by atoms with Crippen LogP contribution in [0.4, 0.5) is 5.69 Å². The number of nitrogens with zero attached hydrogens (tertiary/aromatic N) is 1. The lowest BCUT2D eigenvalue weighted by Crippen LogP contribution is -2.29. The summed E-state index contributed by atoms with van der Waals surface area (Å²) < 4.78 is 0. The first kappa shape index (κ1) is 24.9. The van der Waals surface area contributed by atoms with Crippen LogP contribution < -0.4 is 16.2 Å². The highest BCUT2D eigenvalue weighted by molar-refractivity contribution is 5.95. The first-order valence-corrected chi connectivity index (χ1v) is 11.8. The van der Waals surface area contributed by atoms with Gasteiger partial charge >= 0.3 is 0 Å². The Morgan fingerprint density at radius 1 is 0.970 bits per heavy atom. The van der Waals surface area contributed by atoms with E-state index in [4.69, 9.17) is 0 Å². The van der Waals surface area contributed by atoms with Gasteiger partial charge in [0.05, 0.1) is 11.1 Å². The lowest BCUT2D eigenvalue weighted by atomic mass is 10.0. The van der Waals surface area contributed by atoms with E-state index < -0.39 is 0 Å². The number of unbranched alkanes of at least 4 members (excludes halogenated alkanes) is 1. The number of aromatic amines is 1. The summed E-state index contributed by atoms with van der Waals surface area (Å²) in [7, 11) is 0. The molecule has 0 aliphatic heterocycles. The van der Waals surface area contributed by atoms with Gasteiger partial charge in [0, 0.05) is 29.1 Å². The van der Waals surface area contributed by atoms with Crippen molar-refractivity contribution in [2.24, 2.45) is 0 Å². The number of hydrogen-bond acceptors (Lipinski definition) is 4. The van der Waals surface area contributed by atoms with Gasteiger partial charge in [0.15, 0.2) is 0 Å². The minimum absolute atomic E-state index is 0. The molecule has 0 saturated heterocycles. The Morgan fingerprint density at radius 3 is 2.52 bits per heavy atom. The topological polar surface area (TPSA) is 86.9 Å². The molecule has 1 amide bonds. The minimum Gasteiger partial charge on any atom is -0.326 e. The number of amides is 1. The molecule has 0 atom stereocenters. The number of benzene rings is 2. The van der Waals surface area contributed by atoms with Crippen LogP contribution in [0.5, 0.6) is 0 Å². The fourth-order valence-electron chi connectivity index (χ4n) is 4.50. The number of halogens is 1. The first-order chi connectivity index (χ1) is 15.7. The van der Waals surface area contributed by atoms with E-state index in [-0.39, 0.29) is 23.9 Å². The molecule has 0 radical (unpaired) electrons. The molecule has 1 heterocycles. The van der Waals surface area contributed by atoms with Gasteiger partial charge in [-0.05, 0) is 50.4 Å². The average molecular weight is 469 g/mol. The number of nitrogens with one attached hydrogen (secondary N) is 3. The largest absolute Gasteiger partial charge is 0.326 e. The van der Waals surface area contributed by atoms with Crippen LogP contribution >= 0.6 is 12.4 Å². The standard InChI is InChI=1S/C26H32N4O2.ClH/c31-24(16-7-8-17-27-20-11-3-1-2-4-12-20)28-21-13-9-10-19(18-21)25-22-14-5-6-15-23(22)26(32)30-29-25;/h5-6,9-10,13-15,18,20,27H,1-4,7-8,11-12,16-17H2,(H,28,31)(H,30,32);1H. The summed E-state index contributed by atoms with van der Waals surface area (Å²) in [4.78, 5) is 24.5. The zero-order valence-electron chi connectivity index (χ0n) is 18.9. The summed E-state index contributed by atoms with van der Waals surface area (Å²) in [6.45, 7) is 0.985. The predicted molar refractivity (Wildman–Crippen MR) is 137 cm³/mol. The highest BCUT2D eigenvalue weighted by atomic mass is 35.5. The molecule has 6 nitrogen and oxygen atoms in total. The van der Waals surface area contributed by atoms with Gasteiger partial charge in [0.1, 0.15) is 0 Å². The van der Waals surface area contributed by atoms with Crippen molar-refractivity contribution >= 4 is 34.8 Å². The quantitative estimate of drug-likeness (QED) is 0.303. The zero-order chi connectivity index (χ0) is 22.2. The summed E-state index contributed by atoms with van der Waals surface area (Å²) >= 11 is 0. The number of fused-ring (bicyclic) bond motifs is 1. The van der Waals surface area contributed by atoms with Gasteiger partial charge in [-0.2, -0.15) is 5.10 Å². The van der Waals surface area contributed by atoms with Crippen LogP contribution in [0.3, 0.4) is 0 Å². The summed E-state index contributed by atoms with van der Waals surface area (Å²) in [5.74, 6) is 0.0240. The zero-order valence-corrected chi connectivity index (χ0v) is 19.8. The van der Waals surface area contributed by atoms with Crippen LogP contribution in [-0.2, 0) is 4.79 Å². The van der Waals surface area contributed by atoms with Crippen molar-refractivity contribution < 1.29 is 4.79 Å². The number of carbonyl (C=O) groups is 1. The second-order valence-electron chi connectivity index (χ2n) is 8.68. The van der Waals surface area contributed by atoms with Gasteiger partial charge in [-0.1, -0.05) is 56.0 Å². The Morgan fingerprint density at radius 2 is 1.73 bits per heavy atom. The van der Waals surface area contributed by atoms with E-state index in [1.54, 1.807) is 6.07 Å². The maximum atomic E-state index is 12.4. The molecule has 7 heteroatoms. The molecule has 176 valence electrons. The fourth-order valence-corrected chi connectivity index (χ4v) is 4.50. The Balaban J connectivity index is 0.00000306. The highest BCUT2D eigenvalue weighted by Gasteiger charge is 2.12. The SMILES string of the molecule is Cl.O=C(CCCCNC1CCCCCC1)Nc1cccc(-c2n[nH]c(=O)c3ccccc23)c1. The van der Waals surface area contributed by atoms with Crippen LogP contribution in [0.1, 0.15) is 57.8 Å². The molecule has 0 spiro atoms. The second-order valence-corrected chi connectivity index (χ2v) is 8.68. The first-order valence-electron chi connectivity index (χ1n) is 11.8. The Hall–Kier alpha value is -2.70. The summed E-state index contributed by atoms with van der Waals surface area (Å²) in [6.07, 6.45) is 10.4. The lowest BCUT2D eigenvalue weighted by Gasteiger charge is -2.15. The number of anilines is 1. The van der Waals surface area contributed by atoms with Crippen molar-refractivity contribution in [3.63, 3.8) is 0 Å². The van der Waals surface area contributed by atoms with E-state index in [0.29, 0.717) is 23.5 Å². The molecular weight excluding hydrogens is 436 g/mol. The maximum Gasteiger partial charge on any atom is 0.272 e. The van der Waals surface area contributed by atoms with Gasteiger partial charge in [-0.3, -0.25) is 9.59 Å². The van der Waals surface area contributed by atoms with Crippen molar-refractivity contribution in [1.82, 2.24) is 15.5 Å². The molecule has 3 N–H and O–H groups in total. The molecule has 1 saturated carbocycles.